The molecule has 0 bridgehead atoms. The van der Waals surface area contributed by atoms with Gasteiger partial charge in [0.05, 0.1) is 17.1 Å². The number of carbonyl (C=O) groups is 1. The first-order valence-electron chi connectivity index (χ1n) is 8.40. The Kier molecular flexibility index (Phi) is 5.98. The van der Waals surface area contributed by atoms with Gasteiger partial charge in [0.25, 0.3) is 0 Å². The average molecular weight is 412 g/mol. The zero-order chi connectivity index (χ0) is 19.4. The zero-order valence-corrected chi connectivity index (χ0v) is 16.0. The molecule has 2 aromatic carbocycles. The number of para-hydroxylation sites is 1. The minimum absolute atomic E-state index is 0.0507. The number of nitrogens with zero attached hydrogens (tertiary/aromatic N) is 2. The third-order valence-electron chi connectivity index (χ3n) is 4.35. The number of rotatable bonds is 5. The number of hydrogen-bond donors (Lipinski definition) is 1. The molecule has 1 amide bonds. The predicted molar refractivity (Wildman–Crippen MR) is 102 cm³/mol. The summed E-state index contributed by atoms with van der Waals surface area (Å²) in [6, 6.07) is 12.1. The lowest BCUT2D eigenvalue weighted by molar-refractivity contribution is -0.130. The molecule has 3 rings (SSSR count). The van der Waals surface area contributed by atoms with Crippen molar-refractivity contribution < 1.29 is 17.6 Å². The van der Waals surface area contributed by atoms with Gasteiger partial charge in [0.1, 0.15) is 5.82 Å². The Labute approximate surface area is 162 Å². The van der Waals surface area contributed by atoms with Crippen molar-refractivity contribution in [1.29, 1.82) is 0 Å². The lowest BCUT2D eigenvalue weighted by atomic mass is 10.3. The number of amides is 1. The molecule has 1 N–H and O–H groups in total. The van der Waals surface area contributed by atoms with Crippen LogP contribution in [0.3, 0.4) is 0 Å². The first-order chi connectivity index (χ1) is 12.9. The van der Waals surface area contributed by atoms with E-state index in [-0.39, 0.29) is 49.2 Å². The lowest BCUT2D eigenvalue weighted by Gasteiger charge is -2.34. The van der Waals surface area contributed by atoms with E-state index < -0.39 is 15.8 Å². The van der Waals surface area contributed by atoms with Gasteiger partial charge in [-0.25, -0.2) is 12.8 Å². The van der Waals surface area contributed by atoms with Crippen molar-refractivity contribution in [3.63, 3.8) is 0 Å². The lowest BCUT2D eigenvalue weighted by Crippen LogP contribution is -2.51. The highest BCUT2D eigenvalue weighted by molar-refractivity contribution is 7.89. The Morgan fingerprint density at radius 2 is 1.67 bits per heavy atom. The van der Waals surface area contributed by atoms with E-state index in [4.69, 9.17) is 11.6 Å². The van der Waals surface area contributed by atoms with Crippen molar-refractivity contribution in [3.8, 4) is 0 Å². The Hall–Kier alpha value is -2.16. The summed E-state index contributed by atoms with van der Waals surface area (Å²) < 4.78 is 40.2. The van der Waals surface area contributed by atoms with Crippen molar-refractivity contribution in [2.45, 2.75) is 4.90 Å². The van der Waals surface area contributed by atoms with E-state index in [2.05, 4.69) is 5.32 Å². The highest BCUT2D eigenvalue weighted by Gasteiger charge is 2.29. The SMILES string of the molecule is O=C(CNc1ccccc1F)N1CCN(S(=O)(=O)c2ccc(Cl)cc2)CC1. The first-order valence-corrected chi connectivity index (χ1v) is 10.2. The normalized spacial score (nSPS) is 15.6. The van der Waals surface area contributed by atoms with Gasteiger partial charge in [-0.1, -0.05) is 23.7 Å². The number of carbonyl (C=O) groups excluding carboxylic acids is 1. The maximum Gasteiger partial charge on any atom is 0.243 e. The molecule has 1 aliphatic heterocycles. The average Bonchev–Trinajstić information content (AvgIpc) is 2.67. The summed E-state index contributed by atoms with van der Waals surface area (Å²) in [5.74, 6) is -0.633. The Bertz CT molecular complexity index is 914. The molecule has 27 heavy (non-hydrogen) atoms. The number of halogens is 2. The summed E-state index contributed by atoms with van der Waals surface area (Å²) >= 11 is 5.80. The first kappa shape index (κ1) is 19.6. The maximum absolute atomic E-state index is 13.6. The van der Waals surface area contributed by atoms with Gasteiger partial charge in [-0.3, -0.25) is 4.79 Å². The number of hydrogen-bond acceptors (Lipinski definition) is 4. The monoisotopic (exact) mass is 411 g/mol. The minimum atomic E-state index is -3.62. The molecule has 9 heteroatoms. The van der Waals surface area contributed by atoms with Crippen molar-refractivity contribution in [2.24, 2.45) is 0 Å². The second kappa shape index (κ2) is 8.24. The molecular weight excluding hydrogens is 393 g/mol. The van der Waals surface area contributed by atoms with E-state index in [0.29, 0.717) is 5.02 Å². The topological polar surface area (TPSA) is 69.7 Å². The van der Waals surface area contributed by atoms with E-state index in [1.165, 1.54) is 34.6 Å². The van der Waals surface area contributed by atoms with Gasteiger partial charge in [0, 0.05) is 31.2 Å². The molecule has 2 aromatic rings. The number of piperazine rings is 1. The van der Waals surface area contributed by atoms with E-state index in [1.807, 2.05) is 0 Å². The Morgan fingerprint density at radius 1 is 1.04 bits per heavy atom. The number of nitrogens with one attached hydrogen (secondary N) is 1. The van der Waals surface area contributed by atoms with Gasteiger partial charge >= 0.3 is 0 Å². The fourth-order valence-electron chi connectivity index (χ4n) is 2.82. The Morgan fingerprint density at radius 3 is 2.30 bits per heavy atom. The minimum Gasteiger partial charge on any atom is -0.374 e. The van der Waals surface area contributed by atoms with Crippen LogP contribution in [0.1, 0.15) is 0 Å². The molecule has 0 spiro atoms. The zero-order valence-electron chi connectivity index (χ0n) is 14.4. The van der Waals surface area contributed by atoms with Crippen molar-refractivity contribution >= 4 is 33.2 Å². The van der Waals surface area contributed by atoms with Crippen LogP contribution in [-0.4, -0.2) is 56.3 Å². The molecule has 1 saturated heterocycles. The third-order valence-corrected chi connectivity index (χ3v) is 6.51. The van der Waals surface area contributed by atoms with Crippen molar-refractivity contribution in [1.82, 2.24) is 9.21 Å². The summed E-state index contributed by atoms with van der Waals surface area (Å²) in [6.07, 6.45) is 0. The quantitative estimate of drug-likeness (QED) is 0.820. The molecule has 0 saturated carbocycles. The van der Waals surface area contributed by atoms with Crippen LogP contribution in [0.5, 0.6) is 0 Å². The van der Waals surface area contributed by atoms with E-state index in [0.717, 1.165) is 0 Å². The smallest absolute Gasteiger partial charge is 0.243 e. The van der Waals surface area contributed by atoms with Crippen LogP contribution in [0, 0.1) is 5.82 Å². The highest BCUT2D eigenvalue weighted by Crippen LogP contribution is 2.20. The molecule has 6 nitrogen and oxygen atoms in total. The summed E-state index contributed by atoms with van der Waals surface area (Å²) in [6.45, 7) is 0.923. The molecule has 1 fully saturated rings. The van der Waals surface area contributed by atoms with Crippen LogP contribution in [0.2, 0.25) is 5.02 Å². The fourth-order valence-corrected chi connectivity index (χ4v) is 4.37. The number of anilines is 1. The van der Waals surface area contributed by atoms with E-state index in [9.17, 15) is 17.6 Å². The third kappa shape index (κ3) is 4.58. The van der Waals surface area contributed by atoms with Crippen LogP contribution in [-0.2, 0) is 14.8 Å². The van der Waals surface area contributed by atoms with E-state index >= 15 is 0 Å². The van der Waals surface area contributed by atoms with Crippen molar-refractivity contribution in [3.05, 3.63) is 59.4 Å². The highest BCUT2D eigenvalue weighted by atomic mass is 35.5. The second-order valence-corrected chi connectivity index (χ2v) is 8.45. The van der Waals surface area contributed by atoms with Gasteiger partial charge < -0.3 is 10.2 Å². The summed E-state index contributed by atoms with van der Waals surface area (Å²) in [5.41, 5.74) is 0.259. The number of sulfonamides is 1. The molecule has 1 heterocycles. The predicted octanol–water partition coefficient (Wildman–Crippen LogP) is 2.42. The maximum atomic E-state index is 13.6. The summed E-state index contributed by atoms with van der Waals surface area (Å²) in [4.78, 5) is 14.1. The van der Waals surface area contributed by atoms with Crippen molar-refractivity contribution in [2.75, 3.05) is 38.0 Å². The molecular formula is C18H19ClFN3O3S. The molecule has 0 radical (unpaired) electrons. The second-order valence-electron chi connectivity index (χ2n) is 6.07. The van der Waals surface area contributed by atoms with Gasteiger partial charge in [0.15, 0.2) is 0 Å². The fraction of sp³-hybridized carbons (Fsp3) is 0.278. The number of benzene rings is 2. The van der Waals surface area contributed by atoms with Gasteiger partial charge in [-0.2, -0.15) is 4.31 Å². The van der Waals surface area contributed by atoms with Gasteiger partial charge in [-0.15, -0.1) is 0 Å². The summed E-state index contributed by atoms with van der Waals surface area (Å²) in [7, 11) is -3.62. The van der Waals surface area contributed by atoms with Crippen LogP contribution >= 0.6 is 11.6 Å². The van der Waals surface area contributed by atoms with Gasteiger partial charge in [0.2, 0.25) is 15.9 Å². The standard InChI is InChI=1S/C18H19ClFN3O3S/c19-14-5-7-15(8-6-14)27(25,26)23-11-9-22(10-12-23)18(24)13-21-17-4-2-1-3-16(17)20/h1-8,21H,9-13H2. The molecule has 1 aliphatic rings. The molecule has 0 aromatic heterocycles. The summed E-state index contributed by atoms with van der Waals surface area (Å²) in [5, 5.41) is 3.24. The van der Waals surface area contributed by atoms with Gasteiger partial charge in [-0.05, 0) is 36.4 Å². The van der Waals surface area contributed by atoms with Crippen LogP contribution in [0.15, 0.2) is 53.4 Å². The Balaban J connectivity index is 1.56. The molecule has 0 atom stereocenters. The van der Waals surface area contributed by atoms with E-state index in [1.54, 1.807) is 23.1 Å². The molecule has 0 aliphatic carbocycles. The van der Waals surface area contributed by atoms with Crippen LogP contribution in [0.25, 0.3) is 0 Å². The van der Waals surface area contributed by atoms with Crippen LogP contribution < -0.4 is 5.32 Å². The largest absolute Gasteiger partial charge is 0.374 e. The molecule has 144 valence electrons. The van der Waals surface area contributed by atoms with Crippen LogP contribution in [0.4, 0.5) is 10.1 Å². The molecule has 0 unspecified atom stereocenters.